The van der Waals surface area contributed by atoms with Gasteiger partial charge in [-0.05, 0) is 36.2 Å². The fraction of sp³-hybridized carbons (Fsp3) is 0.294. The van der Waals surface area contributed by atoms with Crippen LogP contribution in [-0.2, 0) is 0 Å². The summed E-state index contributed by atoms with van der Waals surface area (Å²) in [7, 11) is 1.64. The van der Waals surface area contributed by atoms with Gasteiger partial charge in [0.2, 0.25) is 0 Å². The zero-order valence-corrected chi connectivity index (χ0v) is 12.8. The molecule has 1 aromatic carbocycles. The van der Waals surface area contributed by atoms with Gasteiger partial charge in [-0.1, -0.05) is 12.1 Å². The lowest BCUT2D eigenvalue weighted by molar-refractivity contribution is 0.222. The van der Waals surface area contributed by atoms with Gasteiger partial charge in [-0.3, -0.25) is 5.32 Å². The molecule has 1 aromatic heterocycles. The lowest BCUT2D eigenvalue weighted by Crippen LogP contribution is -2.33. The number of hydrogen-bond acceptors (Lipinski definition) is 3. The monoisotopic (exact) mass is 315 g/mol. The Kier molecular flexibility index (Phi) is 4.41. The van der Waals surface area contributed by atoms with Crippen molar-refractivity contribution in [2.45, 2.75) is 12.3 Å². The zero-order valence-electron chi connectivity index (χ0n) is 12.8. The predicted octanol–water partition coefficient (Wildman–Crippen LogP) is 3.25. The van der Waals surface area contributed by atoms with E-state index in [1.807, 2.05) is 24.3 Å². The Morgan fingerprint density at radius 2 is 2.09 bits per heavy atom. The molecule has 0 bridgehead atoms. The molecule has 1 saturated heterocycles. The van der Waals surface area contributed by atoms with Gasteiger partial charge < -0.3 is 9.64 Å². The predicted molar refractivity (Wildman–Crippen MR) is 85.1 cm³/mol. The van der Waals surface area contributed by atoms with Crippen LogP contribution in [0.15, 0.2) is 42.6 Å². The molecule has 5 nitrogen and oxygen atoms in total. The summed E-state index contributed by atoms with van der Waals surface area (Å²) in [5.41, 5.74) is 1.20. The highest BCUT2D eigenvalue weighted by Gasteiger charge is 2.27. The van der Waals surface area contributed by atoms with Gasteiger partial charge in [0, 0.05) is 19.0 Å². The Balaban J connectivity index is 1.60. The normalized spacial score (nSPS) is 17.1. The standard InChI is InChI=1S/C17H18FN3O2/c1-23-15-5-2-12(3-6-15)13-8-9-21(11-13)17(22)20-16-7-4-14(18)10-19-16/h2-7,10,13H,8-9,11H2,1H3,(H,19,20,22)/t13-/m0/s1. The van der Waals surface area contributed by atoms with Crippen molar-refractivity contribution in [2.75, 3.05) is 25.5 Å². The lowest BCUT2D eigenvalue weighted by atomic mass is 9.98. The van der Waals surface area contributed by atoms with E-state index in [2.05, 4.69) is 10.3 Å². The number of pyridine rings is 1. The molecule has 0 unspecified atom stereocenters. The number of benzene rings is 1. The number of rotatable bonds is 3. The average Bonchev–Trinajstić information content (AvgIpc) is 3.07. The minimum atomic E-state index is -0.427. The van der Waals surface area contributed by atoms with E-state index in [1.165, 1.54) is 17.7 Å². The summed E-state index contributed by atoms with van der Waals surface area (Å²) < 4.78 is 18.0. The van der Waals surface area contributed by atoms with Crippen LogP contribution < -0.4 is 10.1 Å². The molecule has 23 heavy (non-hydrogen) atoms. The molecule has 0 radical (unpaired) electrons. The second-order valence-corrected chi connectivity index (χ2v) is 5.50. The topological polar surface area (TPSA) is 54.5 Å². The number of anilines is 1. The summed E-state index contributed by atoms with van der Waals surface area (Å²) in [6.07, 6.45) is 2.00. The highest BCUT2D eigenvalue weighted by atomic mass is 19.1. The number of amides is 2. The van der Waals surface area contributed by atoms with E-state index < -0.39 is 5.82 Å². The van der Waals surface area contributed by atoms with Crippen LogP contribution in [0.5, 0.6) is 5.75 Å². The third-order valence-electron chi connectivity index (χ3n) is 4.03. The molecule has 1 fully saturated rings. The highest BCUT2D eigenvalue weighted by Crippen LogP contribution is 2.28. The lowest BCUT2D eigenvalue weighted by Gasteiger charge is -2.17. The molecule has 1 aliphatic rings. The summed E-state index contributed by atoms with van der Waals surface area (Å²) in [6.45, 7) is 1.34. The van der Waals surface area contributed by atoms with E-state index in [9.17, 15) is 9.18 Å². The number of nitrogens with zero attached hydrogens (tertiary/aromatic N) is 2. The Hall–Kier alpha value is -2.63. The fourth-order valence-corrected chi connectivity index (χ4v) is 2.73. The fourth-order valence-electron chi connectivity index (χ4n) is 2.73. The number of nitrogens with one attached hydrogen (secondary N) is 1. The number of carbonyl (C=O) groups excluding carboxylic acids is 1. The van der Waals surface area contributed by atoms with Crippen molar-refractivity contribution < 1.29 is 13.9 Å². The summed E-state index contributed by atoms with van der Waals surface area (Å²) in [4.78, 5) is 17.8. The quantitative estimate of drug-likeness (QED) is 0.946. The van der Waals surface area contributed by atoms with Crippen LogP contribution in [0.2, 0.25) is 0 Å². The van der Waals surface area contributed by atoms with Crippen molar-refractivity contribution in [3.8, 4) is 5.75 Å². The Morgan fingerprint density at radius 1 is 1.30 bits per heavy atom. The van der Waals surface area contributed by atoms with Crippen molar-refractivity contribution >= 4 is 11.8 Å². The van der Waals surface area contributed by atoms with Crippen LogP contribution in [0.3, 0.4) is 0 Å². The molecule has 120 valence electrons. The number of urea groups is 1. The smallest absolute Gasteiger partial charge is 0.323 e. The summed E-state index contributed by atoms with van der Waals surface area (Å²) in [5.74, 6) is 1.06. The second-order valence-electron chi connectivity index (χ2n) is 5.50. The maximum absolute atomic E-state index is 12.8. The molecule has 0 aliphatic carbocycles. The van der Waals surface area contributed by atoms with Gasteiger partial charge >= 0.3 is 6.03 Å². The van der Waals surface area contributed by atoms with Crippen molar-refractivity contribution in [3.05, 3.63) is 54.0 Å². The van der Waals surface area contributed by atoms with Gasteiger partial charge in [0.05, 0.1) is 13.3 Å². The van der Waals surface area contributed by atoms with Crippen molar-refractivity contribution in [1.29, 1.82) is 0 Å². The zero-order chi connectivity index (χ0) is 16.2. The minimum Gasteiger partial charge on any atom is -0.497 e. The highest BCUT2D eigenvalue weighted by molar-refractivity contribution is 5.88. The van der Waals surface area contributed by atoms with Gasteiger partial charge in [0.25, 0.3) is 0 Å². The van der Waals surface area contributed by atoms with Gasteiger partial charge in [0.1, 0.15) is 17.4 Å². The third kappa shape index (κ3) is 3.59. The molecule has 1 atom stereocenters. The van der Waals surface area contributed by atoms with Crippen LogP contribution in [0.1, 0.15) is 17.9 Å². The van der Waals surface area contributed by atoms with Crippen LogP contribution >= 0.6 is 0 Å². The molecule has 0 saturated carbocycles. The SMILES string of the molecule is COc1ccc([C@H]2CCN(C(=O)Nc3ccc(F)cn3)C2)cc1. The Bertz CT molecular complexity index is 673. The molecule has 2 amide bonds. The first kappa shape index (κ1) is 15.3. The van der Waals surface area contributed by atoms with Crippen molar-refractivity contribution in [2.24, 2.45) is 0 Å². The Labute approximate surface area is 134 Å². The molecule has 2 aromatic rings. The van der Waals surface area contributed by atoms with Crippen molar-refractivity contribution in [3.63, 3.8) is 0 Å². The molecule has 1 aliphatic heterocycles. The minimum absolute atomic E-state index is 0.208. The van der Waals surface area contributed by atoms with Gasteiger partial charge in [-0.25, -0.2) is 14.2 Å². The van der Waals surface area contributed by atoms with Gasteiger partial charge in [-0.2, -0.15) is 0 Å². The molecule has 1 N–H and O–H groups in total. The molecule has 2 heterocycles. The number of ether oxygens (including phenoxy) is 1. The first-order valence-corrected chi connectivity index (χ1v) is 7.47. The molecule has 0 spiro atoms. The number of carbonyl (C=O) groups is 1. The summed E-state index contributed by atoms with van der Waals surface area (Å²) in [6, 6.07) is 10.4. The molecule has 3 rings (SSSR count). The van der Waals surface area contributed by atoms with Crippen LogP contribution in [0.4, 0.5) is 15.0 Å². The first-order valence-electron chi connectivity index (χ1n) is 7.47. The number of aromatic nitrogens is 1. The summed E-state index contributed by atoms with van der Waals surface area (Å²) in [5, 5.41) is 2.69. The average molecular weight is 315 g/mol. The second kappa shape index (κ2) is 6.64. The maximum Gasteiger partial charge on any atom is 0.323 e. The Morgan fingerprint density at radius 3 is 2.74 bits per heavy atom. The van der Waals surface area contributed by atoms with Gasteiger partial charge in [-0.15, -0.1) is 0 Å². The number of halogens is 1. The first-order chi connectivity index (χ1) is 11.2. The number of hydrogen-bond donors (Lipinski definition) is 1. The molecular formula is C17H18FN3O2. The number of likely N-dealkylation sites (tertiary alicyclic amines) is 1. The van der Waals surface area contributed by atoms with Crippen LogP contribution in [-0.4, -0.2) is 36.1 Å². The van der Waals surface area contributed by atoms with Crippen molar-refractivity contribution in [1.82, 2.24) is 9.88 Å². The maximum atomic E-state index is 12.8. The summed E-state index contributed by atoms with van der Waals surface area (Å²) >= 11 is 0. The third-order valence-corrected chi connectivity index (χ3v) is 4.03. The largest absolute Gasteiger partial charge is 0.497 e. The van der Waals surface area contributed by atoms with Gasteiger partial charge in [0.15, 0.2) is 0 Å². The molecular weight excluding hydrogens is 297 g/mol. The van der Waals surface area contributed by atoms with E-state index in [1.54, 1.807) is 12.0 Å². The molecule has 6 heteroatoms. The van der Waals surface area contributed by atoms with Crippen LogP contribution in [0, 0.1) is 5.82 Å². The van der Waals surface area contributed by atoms with Crippen LogP contribution in [0.25, 0.3) is 0 Å². The van der Waals surface area contributed by atoms with E-state index in [0.717, 1.165) is 18.4 Å². The van der Waals surface area contributed by atoms with E-state index in [0.29, 0.717) is 24.8 Å². The van der Waals surface area contributed by atoms with E-state index in [-0.39, 0.29) is 6.03 Å². The van der Waals surface area contributed by atoms with E-state index >= 15 is 0 Å². The van der Waals surface area contributed by atoms with E-state index in [4.69, 9.17) is 4.74 Å². The number of methoxy groups -OCH3 is 1.